The Kier molecular flexibility index (Phi) is 4.57. The zero-order valence-electron chi connectivity index (χ0n) is 11.6. The van der Waals surface area contributed by atoms with E-state index in [0.29, 0.717) is 17.9 Å². The molecule has 1 aromatic carbocycles. The molecule has 0 saturated carbocycles. The van der Waals surface area contributed by atoms with E-state index in [4.69, 9.17) is 22.1 Å². The first kappa shape index (κ1) is 16.2. The van der Waals surface area contributed by atoms with E-state index >= 15 is 0 Å². The van der Waals surface area contributed by atoms with Gasteiger partial charge in [-0.2, -0.15) is 4.31 Å². The highest BCUT2D eigenvalue weighted by Gasteiger charge is 2.52. The lowest BCUT2D eigenvalue weighted by Crippen LogP contribution is -2.58. The normalized spacial score (nSPS) is 23.3. The fourth-order valence-electron chi connectivity index (χ4n) is 2.66. The second-order valence-electron chi connectivity index (χ2n) is 4.97. The number of methoxy groups -OCH3 is 1. The predicted molar refractivity (Wildman–Crippen MR) is 78.4 cm³/mol. The molecule has 1 heterocycles. The summed E-state index contributed by atoms with van der Waals surface area (Å²) in [4.78, 5) is 11.9. The van der Waals surface area contributed by atoms with Crippen molar-refractivity contribution in [2.24, 2.45) is 5.73 Å². The van der Waals surface area contributed by atoms with Crippen molar-refractivity contribution in [3.63, 3.8) is 0 Å². The first-order valence-electron chi connectivity index (χ1n) is 6.42. The van der Waals surface area contributed by atoms with Gasteiger partial charge in [-0.15, -0.1) is 0 Å². The monoisotopic (exact) mass is 332 g/mol. The highest BCUT2D eigenvalue weighted by Crippen LogP contribution is 2.35. The van der Waals surface area contributed by atoms with Gasteiger partial charge in [0.1, 0.15) is 5.54 Å². The molecule has 2 N–H and O–H groups in total. The van der Waals surface area contributed by atoms with Crippen LogP contribution in [0.15, 0.2) is 29.2 Å². The Morgan fingerprint density at radius 2 is 2.24 bits per heavy atom. The van der Waals surface area contributed by atoms with Gasteiger partial charge in [-0.1, -0.05) is 17.7 Å². The minimum atomic E-state index is -3.87. The Hall–Kier alpha value is -1.15. The van der Waals surface area contributed by atoms with Crippen LogP contribution in [0.3, 0.4) is 0 Å². The van der Waals surface area contributed by atoms with E-state index in [1.807, 2.05) is 0 Å². The largest absolute Gasteiger partial charge is 0.382 e. The molecular weight excluding hydrogens is 316 g/mol. The molecule has 0 spiro atoms. The number of sulfonamides is 1. The van der Waals surface area contributed by atoms with Crippen molar-refractivity contribution in [2.75, 3.05) is 20.3 Å². The van der Waals surface area contributed by atoms with Crippen molar-refractivity contribution in [3.05, 3.63) is 29.3 Å². The van der Waals surface area contributed by atoms with Crippen LogP contribution in [0.25, 0.3) is 0 Å². The lowest BCUT2D eigenvalue weighted by Gasteiger charge is -2.34. The number of carbonyl (C=O) groups is 1. The number of ether oxygens (including phenoxy) is 1. The molecule has 1 aliphatic heterocycles. The number of nitrogens with zero attached hydrogens (tertiary/aromatic N) is 1. The molecule has 1 aliphatic rings. The number of primary amides is 1. The zero-order valence-corrected chi connectivity index (χ0v) is 13.2. The van der Waals surface area contributed by atoms with E-state index in [9.17, 15) is 13.2 Å². The number of halogens is 1. The summed E-state index contributed by atoms with van der Waals surface area (Å²) in [6, 6.07) is 5.93. The van der Waals surface area contributed by atoms with Gasteiger partial charge in [0.25, 0.3) is 0 Å². The first-order valence-corrected chi connectivity index (χ1v) is 8.24. The Balaban J connectivity index is 2.50. The molecule has 1 fully saturated rings. The van der Waals surface area contributed by atoms with Gasteiger partial charge in [0, 0.05) is 18.7 Å². The quantitative estimate of drug-likeness (QED) is 0.870. The van der Waals surface area contributed by atoms with Crippen LogP contribution in [0, 0.1) is 0 Å². The van der Waals surface area contributed by atoms with Gasteiger partial charge in [-0.3, -0.25) is 4.79 Å². The lowest BCUT2D eigenvalue weighted by molar-refractivity contribution is -0.128. The summed E-state index contributed by atoms with van der Waals surface area (Å²) in [6.45, 7) is 0.156. The lowest BCUT2D eigenvalue weighted by atomic mass is 9.98. The van der Waals surface area contributed by atoms with E-state index in [1.165, 1.54) is 19.2 Å². The molecule has 21 heavy (non-hydrogen) atoms. The third-order valence-electron chi connectivity index (χ3n) is 3.65. The van der Waals surface area contributed by atoms with Gasteiger partial charge in [-0.05, 0) is 31.0 Å². The van der Waals surface area contributed by atoms with Crippen molar-refractivity contribution < 1.29 is 17.9 Å². The molecule has 116 valence electrons. The third-order valence-corrected chi connectivity index (χ3v) is 5.85. The highest BCUT2D eigenvalue weighted by molar-refractivity contribution is 7.89. The van der Waals surface area contributed by atoms with Crippen LogP contribution in [0.5, 0.6) is 0 Å². The predicted octanol–water partition coefficient (Wildman–Crippen LogP) is 0.995. The molecule has 1 unspecified atom stereocenters. The molecule has 1 aromatic rings. The van der Waals surface area contributed by atoms with Crippen molar-refractivity contribution in [1.82, 2.24) is 4.31 Å². The number of benzene rings is 1. The standard InChI is InChI=1S/C13H17ClN2O4S/c1-20-9-13(12(15)17)6-3-7-16(13)21(18,19)11-5-2-4-10(14)8-11/h2,4-5,8H,3,6-7,9H2,1H3,(H2,15,17). The SMILES string of the molecule is COCC1(C(N)=O)CCCN1S(=O)(=O)c1cccc(Cl)c1. The Labute approximate surface area is 128 Å². The van der Waals surface area contributed by atoms with E-state index in [2.05, 4.69) is 0 Å². The number of rotatable bonds is 5. The summed E-state index contributed by atoms with van der Waals surface area (Å²) in [6.07, 6.45) is 0.891. The summed E-state index contributed by atoms with van der Waals surface area (Å²) in [5.74, 6) is -0.701. The van der Waals surface area contributed by atoms with Crippen LogP contribution in [0.4, 0.5) is 0 Å². The van der Waals surface area contributed by atoms with Crippen LogP contribution >= 0.6 is 11.6 Å². The number of hydrogen-bond donors (Lipinski definition) is 1. The third kappa shape index (κ3) is 2.78. The molecule has 8 heteroatoms. The number of carbonyl (C=O) groups excluding carboxylic acids is 1. The molecule has 0 radical (unpaired) electrons. The maximum Gasteiger partial charge on any atom is 0.244 e. The molecule has 1 amide bonds. The molecule has 0 aromatic heterocycles. The van der Waals surface area contributed by atoms with E-state index in [0.717, 1.165) is 4.31 Å². The molecule has 1 saturated heterocycles. The summed E-state index contributed by atoms with van der Waals surface area (Å²) < 4.78 is 31.7. The molecule has 2 rings (SSSR count). The number of amides is 1. The smallest absolute Gasteiger partial charge is 0.244 e. The minimum Gasteiger partial charge on any atom is -0.382 e. The van der Waals surface area contributed by atoms with Crippen molar-refractivity contribution in [1.29, 1.82) is 0 Å². The first-order chi connectivity index (χ1) is 9.84. The second-order valence-corrected chi connectivity index (χ2v) is 7.27. The van der Waals surface area contributed by atoms with E-state index < -0.39 is 21.5 Å². The Morgan fingerprint density at radius 3 is 2.81 bits per heavy atom. The van der Waals surface area contributed by atoms with Gasteiger partial charge in [-0.25, -0.2) is 8.42 Å². The fourth-order valence-corrected chi connectivity index (χ4v) is 4.76. The zero-order chi connectivity index (χ0) is 15.7. The average molecular weight is 333 g/mol. The second kappa shape index (κ2) is 5.92. The van der Waals surface area contributed by atoms with Gasteiger partial charge in [0.15, 0.2) is 0 Å². The van der Waals surface area contributed by atoms with Crippen molar-refractivity contribution in [3.8, 4) is 0 Å². The van der Waals surface area contributed by atoms with E-state index in [1.54, 1.807) is 12.1 Å². The van der Waals surface area contributed by atoms with Gasteiger partial charge in [0.2, 0.25) is 15.9 Å². The van der Waals surface area contributed by atoms with Gasteiger partial charge >= 0.3 is 0 Å². The van der Waals surface area contributed by atoms with Crippen LogP contribution in [0.1, 0.15) is 12.8 Å². The number of hydrogen-bond acceptors (Lipinski definition) is 4. The van der Waals surface area contributed by atoms with Crippen LogP contribution in [0.2, 0.25) is 5.02 Å². The van der Waals surface area contributed by atoms with Crippen LogP contribution in [-0.2, 0) is 19.6 Å². The summed E-state index contributed by atoms with van der Waals surface area (Å²) in [7, 11) is -2.46. The Bertz CT molecular complexity index is 649. The summed E-state index contributed by atoms with van der Waals surface area (Å²) in [5.41, 5.74) is 4.13. The van der Waals surface area contributed by atoms with Gasteiger partial charge in [0.05, 0.1) is 11.5 Å². The summed E-state index contributed by atoms with van der Waals surface area (Å²) in [5, 5.41) is 0.312. The fraction of sp³-hybridized carbons (Fsp3) is 0.462. The van der Waals surface area contributed by atoms with Crippen LogP contribution in [-0.4, -0.2) is 44.4 Å². The van der Waals surface area contributed by atoms with Gasteiger partial charge < -0.3 is 10.5 Å². The molecule has 0 aliphatic carbocycles. The molecule has 0 bridgehead atoms. The highest BCUT2D eigenvalue weighted by atomic mass is 35.5. The summed E-state index contributed by atoms with van der Waals surface area (Å²) >= 11 is 5.85. The number of nitrogens with two attached hydrogens (primary N) is 1. The average Bonchev–Trinajstić information content (AvgIpc) is 2.85. The molecule has 1 atom stereocenters. The van der Waals surface area contributed by atoms with Crippen molar-refractivity contribution >= 4 is 27.5 Å². The Morgan fingerprint density at radius 1 is 1.52 bits per heavy atom. The topological polar surface area (TPSA) is 89.7 Å². The van der Waals surface area contributed by atoms with E-state index in [-0.39, 0.29) is 18.0 Å². The van der Waals surface area contributed by atoms with Crippen LogP contribution < -0.4 is 5.73 Å². The minimum absolute atomic E-state index is 0.0404. The maximum atomic E-state index is 12.8. The molecule has 6 nitrogen and oxygen atoms in total. The molecular formula is C13H17ClN2O4S. The maximum absolute atomic E-state index is 12.8. The van der Waals surface area contributed by atoms with Crippen molar-refractivity contribution in [2.45, 2.75) is 23.3 Å².